The second-order valence-corrected chi connectivity index (χ2v) is 27.0. The summed E-state index contributed by atoms with van der Waals surface area (Å²) < 4.78 is 41.3. The number of halogens is 4. The first-order valence-electron chi connectivity index (χ1n) is 32.0. The Bertz CT molecular complexity index is 2850. The summed E-state index contributed by atoms with van der Waals surface area (Å²) in [5.74, 6) is -7.18. The van der Waals surface area contributed by atoms with Gasteiger partial charge in [0.15, 0.2) is 0 Å². The van der Waals surface area contributed by atoms with Gasteiger partial charge in [0, 0.05) is 74.9 Å². The molecule has 3 heterocycles. The number of nitrogens with zero attached hydrogens (tertiary/aromatic N) is 9. The number of likely N-dealkylation sites (N-methyl/N-ethyl adjacent to an activating group) is 7. The Morgan fingerprint density at radius 3 is 1.83 bits per heavy atom. The minimum atomic E-state index is -4.74. The van der Waals surface area contributed by atoms with Crippen LogP contribution in [0.1, 0.15) is 156 Å². The van der Waals surface area contributed by atoms with Crippen LogP contribution in [-0.4, -0.2) is 238 Å². The van der Waals surface area contributed by atoms with E-state index < -0.39 is 154 Å². The van der Waals surface area contributed by atoms with E-state index in [1.54, 1.807) is 13.8 Å². The minimum absolute atomic E-state index is 0.0391. The van der Waals surface area contributed by atoms with E-state index in [0.717, 1.165) is 55.6 Å². The molecule has 6 rings (SSSR count). The third-order valence-corrected chi connectivity index (χ3v) is 20.7. The summed E-state index contributed by atoms with van der Waals surface area (Å²) >= 11 is 6.12. The molecule has 22 nitrogen and oxygen atoms in total. The van der Waals surface area contributed by atoms with E-state index in [1.165, 1.54) is 122 Å². The predicted octanol–water partition coefficient (Wildman–Crippen LogP) is 4.96. The lowest BCUT2D eigenvalue weighted by Crippen LogP contribution is -2.65. The first-order valence-corrected chi connectivity index (χ1v) is 32.4. The van der Waals surface area contributed by atoms with E-state index in [9.17, 15) is 61.1 Å². The van der Waals surface area contributed by atoms with Gasteiger partial charge in [0.25, 0.3) is 0 Å². The van der Waals surface area contributed by atoms with Gasteiger partial charge >= 0.3 is 6.18 Å². The normalized spacial score (nSPS) is 28.8. The Balaban J connectivity index is 1.37. The molecule has 5 fully saturated rings. The highest BCUT2D eigenvalue weighted by Crippen LogP contribution is 2.38. The minimum Gasteiger partial charge on any atom is -0.343 e. The highest BCUT2D eigenvalue weighted by Gasteiger charge is 2.50. The molecule has 0 unspecified atom stereocenters. The molecule has 502 valence electrons. The van der Waals surface area contributed by atoms with E-state index in [0.29, 0.717) is 31.2 Å². The Morgan fingerprint density at radius 1 is 0.644 bits per heavy atom. The van der Waals surface area contributed by atoms with Crippen molar-refractivity contribution in [3.05, 3.63) is 34.3 Å². The van der Waals surface area contributed by atoms with Crippen molar-refractivity contribution in [2.24, 2.45) is 17.8 Å². The van der Waals surface area contributed by atoms with E-state index in [4.69, 9.17) is 11.6 Å². The quantitative estimate of drug-likeness (QED) is 0.353. The molecule has 0 aromatic heterocycles. The topological polar surface area (TPSA) is 241 Å². The molecule has 5 aliphatic rings. The summed E-state index contributed by atoms with van der Waals surface area (Å²) in [4.78, 5) is 172. The van der Waals surface area contributed by atoms with Crippen molar-refractivity contribution in [1.82, 2.24) is 54.7 Å². The van der Waals surface area contributed by atoms with Crippen LogP contribution in [0.15, 0.2) is 18.2 Å². The smallest absolute Gasteiger partial charge is 0.343 e. The van der Waals surface area contributed by atoms with Crippen LogP contribution in [0.2, 0.25) is 5.02 Å². The van der Waals surface area contributed by atoms with Crippen molar-refractivity contribution in [3.8, 4) is 0 Å². The van der Waals surface area contributed by atoms with E-state index in [2.05, 4.69) is 10.6 Å². The van der Waals surface area contributed by atoms with Gasteiger partial charge in [0.1, 0.15) is 53.9 Å². The van der Waals surface area contributed by atoms with Crippen LogP contribution in [0.4, 0.5) is 13.2 Å². The Morgan fingerprint density at radius 2 is 1.27 bits per heavy atom. The zero-order valence-electron chi connectivity index (χ0n) is 55.1. The number of carbonyl (C=O) groups excluding carboxylic acids is 11. The van der Waals surface area contributed by atoms with Crippen LogP contribution in [0.5, 0.6) is 0 Å². The standard InChI is InChI=1S/C64H97ClF3N11O11/c1-15-37(2)52-60(88)74(11)40(5)55(83)79-32-30-48(79)58(86)75(12)49(35-41-21-17-16-18-22-41)57(85)71(8)36-50(80)69-46(29-27-42-26-28-44(45(65)34-42)64(66,67)68)56(84)78-31-20-25-47(78)59(87)77(14)63(6,7)62(90)76(13)53(43-23-19-24-43)61(89)72(9)38(3)33-51(81)73(10)39(4)54(82)70-52/h26,28,34,37-41,43,46-49,52-53H,15-25,27,29-33,35-36H2,1-14H3,(H,69,80)(H,70,82)/t37-,38+,39-,40-,46-,47-,48-,49-,52-,53-/m0/s1. The molecule has 3 aliphatic heterocycles. The van der Waals surface area contributed by atoms with Crippen LogP contribution in [0.25, 0.3) is 0 Å². The molecule has 10 atom stereocenters. The molecular weight excluding hydrogens is 1190 g/mol. The molecule has 2 saturated carbocycles. The number of fused-ring (bicyclic) bond motifs is 2. The molecule has 3 saturated heterocycles. The van der Waals surface area contributed by atoms with Gasteiger partial charge in [-0.1, -0.05) is 76.5 Å². The molecule has 2 aliphatic carbocycles. The van der Waals surface area contributed by atoms with E-state index in [-0.39, 0.29) is 63.5 Å². The van der Waals surface area contributed by atoms with Crippen LogP contribution >= 0.6 is 11.6 Å². The van der Waals surface area contributed by atoms with Crippen LogP contribution < -0.4 is 10.6 Å². The second kappa shape index (κ2) is 30.3. The second-order valence-electron chi connectivity index (χ2n) is 26.6. The number of hydrogen-bond donors (Lipinski definition) is 2. The zero-order valence-corrected chi connectivity index (χ0v) is 55.9. The van der Waals surface area contributed by atoms with Gasteiger partial charge in [-0.2, -0.15) is 13.2 Å². The van der Waals surface area contributed by atoms with Crippen LogP contribution in [0, 0.1) is 17.8 Å². The average Bonchev–Trinajstić information content (AvgIpc) is 1.03. The zero-order chi connectivity index (χ0) is 67.2. The van der Waals surface area contributed by atoms with Gasteiger partial charge < -0.3 is 54.7 Å². The lowest BCUT2D eigenvalue weighted by Gasteiger charge is -2.45. The largest absolute Gasteiger partial charge is 0.417 e. The maximum atomic E-state index is 15.0. The summed E-state index contributed by atoms with van der Waals surface area (Å²) in [6.07, 6.45) is 2.71. The molecule has 2 N–H and O–H groups in total. The summed E-state index contributed by atoms with van der Waals surface area (Å²) in [5.41, 5.74) is -2.37. The summed E-state index contributed by atoms with van der Waals surface area (Å²) in [6.45, 7) is 11.0. The Hall–Kier alpha value is -6.53. The van der Waals surface area contributed by atoms with Crippen LogP contribution in [-0.2, 0) is 65.3 Å². The number of benzene rings is 1. The number of rotatable bonds is 8. The molecular formula is C64H97ClF3N11O11. The SMILES string of the molecule is CC[C@H](C)[C@@H]1NC(=O)[C@H](C)N(C)C(=O)C[C@@H](C)N(C)C(=O)[C@H](C2CCC2)N(C)C(=O)C(C)(C)N(C)C(=O)[C@@H]2CCCN2C(=O)[C@H](CCc2ccc(C(F)(F)F)c(Cl)c2)NC(=O)CN(C)C(=O)[C@H](CC2CCCCC2)N(C)C(=O)[C@@H]2CCN2C(=O)[C@H](C)N(C)C1=O. The van der Waals surface area contributed by atoms with Crippen molar-refractivity contribution in [3.63, 3.8) is 0 Å². The molecule has 1 aromatic carbocycles. The van der Waals surface area contributed by atoms with Gasteiger partial charge in [0.2, 0.25) is 65.0 Å². The van der Waals surface area contributed by atoms with Crippen molar-refractivity contribution in [1.29, 1.82) is 0 Å². The maximum absolute atomic E-state index is 15.0. The molecule has 0 spiro atoms. The fraction of sp³-hybridized carbons (Fsp3) is 0.734. The first-order chi connectivity index (χ1) is 42.1. The third kappa shape index (κ3) is 16.2. The molecule has 90 heavy (non-hydrogen) atoms. The van der Waals surface area contributed by atoms with Gasteiger partial charge in [0.05, 0.1) is 17.1 Å². The first kappa shape index (κ1) is 72.5. The number of aryl methyl sites for hydroxylation is 1. The molecule has 0 radical (unpaired) electrons. The Kier molecular flexibility index (Phi) is 24.4. The Labute approximate surface area is 533 Å². The maximum Gasteiger partial charge on any atom is 0.417 e. The van der Waals surface area contributed by atoms with Crippen molar-refractivity contribution >= 4 is 76.6 Å². The molecule has 0 bridgehead atoms. The summed E-state index contributed by atoms with van der Waals surface area (Å²) in [5, 5.41) is 5.03. The van der Waals surface area contributed by atoms with Gasteiger partial charge in [-0.25, -0.2) is 0 Å². The van der Waals surface area contributed by atoms with E-state index >= 15 is 4.79 Å². The van der Waals surface area contributed by atoms with Gasteiger partial charge in [-0.05, 0) is 121 Å². The number of amides is 11. The number of hydrogen-bond acceptors (Lipinski definition) is 11. The van der Waals surface area contributed by atoms with Crippen molar-refractivity contribution in [2.45, 2.75) is 217 Å². The predicted molar refractivity (Wildman–Crippen MR) is 330 cm³/mol. The molecule has 26 heteroatoms. The molecule has 1 aromatic rings. The fourth-order valence-corrected chi connectivity index (χ4v) is 13.3. The lowest BCUT2D eigenvalue weighted by molar-refractivity contribution is -0.160. The highest BCUT2D eigenvalue weighted by atomic mass is 35.5. The third-order valence-electron chi connectivity index (χ3n) is 20.4. The highest BCUT2D eigenvalue weighted by molar-refractivity contribution is 6.31. The van der Waals surface area contributed by atoms with Crippen molar-refractivity contribution < 1.29 is 65.9 Å². The number of nitrogens with one attached hydrogen (secondary N) is 2. The molecule has 11 amide bonds. The summed E-state index contributed by atoms with van der Waals surface area (Å²) in [7, 11) is 10.2. The monoisotopic (exact) mass is 1290 g/mol. The number of alkyl halides is 3. The average molecular weight is 1290 g/mol. The van der Waals surface area contributed by atoms with E-state index in [1.807, 2.05) is 6.92 Å². The number of carbonyl (C=O) groups is 11. The fourth-order valence-electron chi connectivity index (χ4n) is 13.0. The van der Waals surface area contributed by atoms with Gasteiger partial charge in [-0.15, -0.1) is 0 Å². The van der Waals surface area contributed by atoms with Crippen LogP contribution in [0.3, 0.4) is 0 Å². The summed E-state index contributed by atoms with van der Waals surface area (Å²) in [6, 6.07) is -6.57. The lowest BCUT2D eigenvalue weighted by atomic mass is 9.78. The van der Waals surface area contributed by atoms with Gasteiger partial charge in [-0.3, -0.25) is 52.7 Å². The van der Waals surface area contributed by atoms with Crippen molar-refractivity contribution in [2.75, 3.05) is 69.0 Å².